The van der Waals surface area contributed by atoms with E-state index in [1.807, 2.05) is 0 Å². The molecule has 1 nitrogen and oxygen atoms in total. The van der Waals surface area contributed by atoms with Crippen LogP contribution < -0.4 is 0 Å². The number of rotatable bonds is 6. The third-order valence-corrected chi connectivity index (χ3v) is 2.37. The van der Waals surface area contributed by atoms with Gasteiger partial charge in [-0.1, -0.05) is 38.9 Å². The van der Waals surface area contributed by atoms with Crippen LogP contribution in [0, 0.1) is 0 Å². The van der Waals surface area contributed by atoms with Crippen molar-refractivity contribution in [3.63, 3.8) is 0 Å². The quantitative estimate of drug-likeness (QED) is 0.455. The van der Waals surface area contributed by atoms with Crippen molar-refractivity contribution in [2.24, 2.45) is 0 Å². The molecule has 0 fully saturated rings. The average molecular weight is 318 g/mol. The molecule has 4 heteroatoms. The minimum absolute atomic E-state index is 0. The molecular weight excluding hydrogens is 299 g/mol. The number of hydrogen-bond acceptors (Lipinski definition) is 1. The zero-order valence-electron chi connectivity index (χ0n) is 8.75. The summed E-state index contributed by atoms with van der Waals surface area (Å²) >= 11 is 9.23. The Morgan fingerprint density at radius 1 is 1.15 bits per heavy atom. The zero-order valence-corrected chi connectivity index (χ0v) is 14.5. The molecule has 0 radical (unpaired) electrons. The molecule has 0 aromatic heterocycles. The van der Waals surface area contributed by atoms with Crippen molar-refractivity contribution in [3.8, 4) is 0 Å². The van der Waals surface area contributed by atoms with Crippen molar-refractivity contribution in [2.45, 2.75) is 39.5 Å². The number of thiol groups is 1. The van der Waals surface area contributed by atoms with Crippen LogP contribution in [-0.2, 0) is 27.3 Å². The third kappa shape index (κ3) is 9.47. The molecule has 0 aromatic carbocycles. The molecule has 0 amide bonds. The van der Waals surface area contributed by atoms with Gasteiger partial charge in [0, 0.05) is 13.1 Å². The van der Waals surface area contributed by atoms with Gasteiger partial charge in [0.2, 0.25) is 0 Å². The number of unbranched alkanes of at least 4 members (excludes halogenated alkanes) is 2. The van der Waals surface area contributed by atoms with E-state index in [2.05, 4.69) is 31.4 Å². The fourth-order valence-electron chi connectivity index (χ4n) is 1.00. The second-order valence-corrected chi connectivity index (χ2v) is 4.09. The minimum Gasteiger partial charge on any atom is -0.358 e. The van der Waals surface area contributed by atoms with E-state index in [-0.39, 0.29) is 27.3 Å². The van der Waals surface area contributed by atoms with Crippen LogP contribution in [-0.4, -0.2) is 22.3 Å². The summed E-state index contributed by atoms with van der Waals surface area (Å²) in [5, 5.41) is 0. The first-order chi connectivity index (χ1) is 5.72. The monoisotopic (exact) mass is 319 g/mol. The normalized spacial score (nSPS) is 9.15. The Bertz CT molecular complexity index is 123. The van der Waals surface area contributed by atoms with Gasteiger partial charge in [-0.15, -0.1) is 12.6 Å². The summed E-state index contributed by atoms with van der Waals surface area (Å²) in [7, 11) is 0. The second-order valence-electron chi connectivity index (χ2n) is 2.98. The van der Waals surface area contributed by atoms with Crippen LogP contribution in [0.2, 0.25) is 0 Å². The molecule has 0 saturated carbocycles. The zero-order chi connectivity index (χ0) is 9.40. The Balaban J connectivity index is 0. The fraction of sp³-hybridized carbons (Fsp3) is 0.889. The minimum atomic E-state index is 0. The maximum absolute atomic E-state index is 5.03. The molecule has 0 bridgehead atoms. The molecular formula is C9H19CdNS2+2. The largest absolute Gasteiger partial charge is 2.00 e. The van der Waals surface area contributed by atoms with Crippen LogP contribution in [0.15, 0.2) is 0 Å². The SMILES string of the molecule is CCCCN(CCCC)C(=S)S.[Cd+2]. The van der Waals surface area contributed by atoms with Crippen LogP contribution in [0.4, 0.5) is 0 Å². The summed E-state index contributed by atoms with van der Waals surface area (Å²) in [6.07, 6.45) is 4.87. The summed E-state index contributed by atoms with van der Waals surface area (Å²) in [5.41, 5.74) is 0. The first-order valence-corrected chi connectivity index (χ1v) is 5.55. The van der Waals surface area contributed by atoms with E-state index < -0.39 is 0 Å². The van der Waals surface area contributed by atoms with Gasteiger partial charge in [-0.3, -0.25) is 0 Å². The Morgan fingerprint density at radius 3 is 1.77 bits per heavy atom. The van der Waals surface area contributed by atoms with Crippen molar-refractivity contribution in [2.75, 3.05) is 13.1 Å². The molecule has 0 aliphatic rings. The van der Waals surface area contributed by atoms with E-state index in [1.165, 1.54) is 25.7 Å². The first kappa shape index (κ1) is 16.6. The maximum Gasteiger partial charge on any atom is 2.00 e. The molecule has 72 valence electrons. The van der Waals surface area contributed by atoms with Crippen molar-refractivity contribution >= 4 is 29.2 Å². The van der Waals surface area contributed by atoms with Crippen molar-refractivity contribution < 1.29 is 27.3 Å². The Kier molecular flexibility index (Phi) is 14.3. The summed E-state index contributed by atoms with van der Waals surface area (Å²) in [5.74, 6) is 0. The molecule has 0 aliphatic heterocycles. The van der Waals surface area contributed by atoms with Gasteiger partial charge in [-0.05, 0) is 12.8 Å². The smallest absolute Gasteiger partial charge is 0.358 e. The molecule has 0 rings (SSSR count). The van der Waals surface area contributed by atoms with E-state index in [0.29, 0.717) is 0 Å². The van der Waals surface area contributed by atoms with Crippen LogP contribution in [0.25, 0.3) is 0 Å². The predicted molar refractivity (Wildman–Crippen MR) is 63.0 cm³/mol. The second kappa shape index (κ2) is 11.2. The van der Waals surface area contributed by atoms with Crippen molar-refractivity contribution in [3.05, 3.63) is 0 Å². The predicted octanol–water partition coefficient (Wildman–Crippen LogP) is 3.10. The van der Waals surface area contributed by atoms with Crippen molar-refractivity contribution in [1.82, 2.24) is 4.90 Å². The molecule has 0 aliphatic carbocycles. The van der Waals surface area contributed by atoms with E-state index in [4.69, 9.17) is 12.2 Å². The van der Waals surface area contributed by atoms with Gasteiger partial charge in [0.05, 0.1) is 0 Å². The molecule has 0 unspecified atom stereocenters. The topological polar surface area (TPSA) is 3.24 Å². The number of thiocarbonyl (C=S) groups is 1. The summed E-state index contributed by atoms with van der Waals surface area (Å²) in [4.78, 5) is 2.19. The van der Waals surface area contributed by atoms with Crippen molar-refractivity contribution in [1.29, 1.82) is 0 Å². The van der Waals surface area contributed by atoms with E-state index in [0.717, 1.165) is 17.4 Å². The molecule has 0 saturated heterocycles. The van der Waals surface area contributed by atoms with Crippen LogP contribution >= 0.6 is 24.8 Å². The van der Waals surface area contributed by atoms with Gasteiger partial charge < -0.3 is 4.90 Å². The first-order valence-electron chi connectivity index (χ1n) is 4.70. The number of hydrogen-bond donors (Lipinski definition) is 1. The third-order valence-electron chi connectivity index (χ3n) is 1.83. The average Bonchev–Trinajstić information content (AvgIpc) is 2.04. The molecule has 0 atom stereocenters. The molecule has 0 aromatic rings. The summed E-state index contributed by atoms with van der Waals surface area (Å²) in [6.45, 7) is 6.52. The Morgan fingerprint density at radius 2 is 1.54 bits per heavy atom. The van der Waals surface area contributed by atoms with Gasteiger partial charge in [0.25, 0.3) is 0 Å². The van der Waals surface area contributed by atoms with Gasteiger partial charge in [-0.25, -0.2) is 0 Å². The standard InChI is InChI=1S/C9H19NS2.Cd/c1-3-5-7-10(9(11)12)8-6-4-2;/h3-8H2,1-2H3,(H,11,12);/q;+2. The van der Waals surface area contributed by atoms with Gasteiger partial charge in [-0.2, -0.15) is 0 Å². The fourth-order valence-corrected chi connectivity index (χ4v) is 1.38. The summed E-state index contributed by atoms with van der Waals surface area (Å²) in [6, 6.07) is 0. The van der Waals surface area contributed by atoms with Crippen LogP contribution in [0.3, 0.4) is 0 Å². The Labute approximate surface area is 113 Å². The van der Waals surface area contributed by atoms with E-state index in [9.17, 15) is 0 Å². The van der Waals surface area contributed by atoms with Crippen LogP contribution in [0.1, 0.15) is 39.5 Å². The maximum atomic E-state index is 5.03. The van der Waals surface area contributed by atoms with Gasteiger partial charge >= 0.3 is 27.3 Å². The molecule has 0 spiro atoms. The van der Waals surface area contributed by atoms with E-state index in [1.54, 1.807) is 0 Å². The van der Waals surface area contributed by atoms with Crippen LogP contribution in [0.5, 0.6) is 0 Å². The molecule has 0 heterocycles. The molecule has 13 heavy (non-hydrogen) atoms. The Hall–Kier alpha value is 1.16. The van der Waals surface area contributed by atoms with Gasteiger partial charge in [0.15, 0.2) is 0 Å². The van der Waals surface area contributed by atoms with E-state index >= 15 is 0 Å². The van der Waals surface area contributed by atoms with Gasteiger partial charge in [0.1, 0.15) is 4.32 Å². The molecule has 0 N–H and O–H groups in total. The number of nitrogens with zero attached hydrogens (tertiary/aromatic N) is 1. The summed E-state index contributed by atoms with van der Waals surface area (Å²) < 4.78 is 0.747.